The number of ether oxygens (including phenoxy) is 2. The lowest BCUT2D eigenvalue weighted by molar-refractivity contribution is -0.0580. The molecule has 0 bridgehead atoms. The van der Waals surface area contributed by atoms with E-state index in [1.807, 2.05) is 0 Å². The molecular weight excluding hydrogens is 214 g/mol. The van der Waals surface area contributed by atoms with Crippen LogP contribution in [0.15, 0.2) is 0 Å². The van der Waals surface area contributed by atoms with E-state index >= 15 is 0 Å². The lowest BCUT2D eigenvalue weighted by Crippen LogP contribution is -2.46. The second kappa shape index (κ2) is 4.22. The highest BCUT2D eigenvalue weighted by Gasteiger charge is 2.50. The van der Waals surface area contributed by atoms with Crippen molar-refractivity contribution in [1.82, 2.24) is 4.90 Å². The van der Waals surface area contributed by atoms with Crippen molar-refractivity contribution in [1.29, 1.82) is 0 Å². The van der Waals surface area contributed by atoms with Gasteiger partial charge in [0.05, 0.1) is 24.9 Å². The van der Waals surface area contributed by atoms with E-state index in [1.165, 1.54) is 32.2 Å². The molecule has 2 saturated carbocycles. The smallest absolute Gasteiger partial charge is 0.0811 e. The number of hydrogen-bond donors (Lipinski definition) is 0. The molecule has 0 unspecified atom stereocenters. The number of rotatable bonds is 5. The van der Waals surface area contributed by atoms with Gasteiger partial charge in [-0.15, -0.1) is 0 Å². The first-order valence-electron chi connectivity index (χ1n) is 7.10. The quantitative estimate of drug-likeness (QED) is 0.733. The maximum absolute atomic E-state index is 5.87. The van der Waals surface area contributed by atoms with Crippen LogP contribution in [0.2, 0.25) is 0 Å². The second-order valence-corrected chi connectivity index (χ2v) is 6.60. The highest BCUT2D eigenvalue weighted by Crippen LogP contribution is 2.48. The Labute approximate surface area is 104 Å². The molecule has 0 aromatic rings. The molecule has 2 aliphatic carbocycles. The minimum absolute atomic E-state index is 0.271. The van der Waals surface area contributed by atoms with E-state index in [0.29, 0.717) is 11.5 Å². The Bertz CT molecular complexity index is 282. The standard InChI is InChI=1S/C14H25NO2/c1-12(2)16-11-13(3-4-13)9-15-7-8-17-14(10-15)5-6-14/h12H,3-11H2,1-2H3. The van der Waals surface area contributed by atoms with Crippen LogP contribution in [0, 0.1) is 5.41 Å². The zero-order valence-corrected chi connectivity index (χ0v) is 11.2. The molecule has 3 aliphatic rings. The van der Waals surface area contributed by atoms with E-state index in [0.717, 1.165) is 26.3 Å². The van der Waals surface area contributed by atoms with E-state index in [4.69, 9.17) is 9.47 Å². The van der Waals surface area contributed by atoms with Gasteiger partial charge in [-0.05, 0) is 39.5 Å². The van der Waals surface area contributed by atoms with Gasteiger partial charge in [-0.25, -0.2) is 0 Å². The van der Waals surface area contributed by atoms with Gasteiger partial charge in [0.2, 0.25) is 0 Å². The van der Waals surface area contributed by atoms with Gasteiger partial charge in [-0.2, -0.15) is 0 Å². The molecule has 0 N–H and O–H groups in total. The summed E-state index contributed by atoms with van der Waals surface area (Å²) in [7, 11) is 0. The molecule has 0 radical (unpaired) electrons. The van der Waals surface area contributed by atoms with Gasteiger partial charge in [0.25, 0.3) is 0 Å². The first-order valence-corrected chi connectivity index (χ1v) is 7.10. The van der Waals surface area contributed by atoms with Crippen molar-refractivity contribution in [3.05, 3.63) is 0 Å². The summed E-state index contributed by atoms with van der Waals surface area (Å²) in [4.78, 5) is 2.62. The van der Waals surface area contributed by atoms with Crippen molar-refractivity contribution in [2.24, 2.45) is 5.41 Å². The van der Waals surface area contributed by atoms with Crippen LogP contribution in [-0.4, -0.2) is 49.5 Å². The highest BCUT2D eigenvalue weighted by atomic mass is 16.5. The van der Waals surface area contributed by atoms with Crippen molar-refractivity contribution in [3.8, 4) is 0 Å². The zero-order valence-electron chi connectivity index (χ0n) is 11.2. The lowest BCUT2D eigenvalue weighted by atomic mass is 10.1. The fourth-order valence-electron chi connectivity index (χ4n) is 2.84. The molecule has 98 valence electrons. The van der Waals surface area contributed by atoms with Crippen molar-refractivity contribution in [3.63, 3.8) is 0 Å². The van der Waals surface area contributed by atoms with Crippen LogP contribution >= 0.6 is 0 Å². The normalized spacial score (nSPS) is 29.8. The summed E-state index contributed by atoms with van der Waals surface area (Å²) in [6.07, 6.45) is 5.62. The third-order valence-corrected chi connectivity index (χ3v) is 4.37. The van der Waals surface area contributed by atoms with Crippen LogP contribution < -0.4 is 0 Å². The Kier molecular flexibility index (Phi) is 2.96. The average Bonchev–Trinajstić information content (AvgIpc) is 3.18. The maximum Gasteiger partial charge on any atom is 0.0811 e. The van der Waals surface area contributed by atoms with Gasteiger partial charge in [0, 0.05) is 25.0 Å². The third-order valence-electron chi connectivity index (χ3n) is 4.37. The monoisotopic (exact) mass is 239 g/mol. The van der Waals surface area contributed by atoms with Crippen molar-refractivity contribution in [2.45, 2.75) is 51.2 Å². The molecule has 3 heteroatoms. The molecule has 0 atom stereocenters. The molecule has 0 aromatic heterocycles. The number of nitrogens with zero attached hydrogens (tertiary/aromatic N) is 1. The van der Waals surface area contributed by atoms with E-state index in [1.54, 1.807) is 0 Å². The molecule has 1 saturated heterocycles. The van der Waals surface area contributed by atoms with E-state index in [9.17, 15) is 0 Å². The Hall–Kier alpha value is -0.120. The van der Waals surface area contributed by atoms with Crippen LogP contribution in [0.25, 0.3) is 0 Å². The molecule has 17 heavy (non-hydrogen) atoms. The van der Waals surface area contributed by atoms with E-state index in [-0.39, 0.29) is 5.60 Å². The van der Waals surface area contributed by atoms with Crippen molar-refractivity contribution >= 4 is 0 Å². The van der Waals surface area contributed by atoms with Crippen molar-refractivity contribution in [2.75, 3.05) is 32.8 Å². The number of hydrogen-bond acceptors (Lipinski definition) is 3. The second-order valence-electron chi connectivity index (χ2n) is 6.60. The molecule has 0 amide bonds. The van der Waals surface area contributed by atoms with E-state index < -0.39 is 0 Å². The lowest BCUT2D eigenvalue weighted by Gasteiger charge is -2.35. The first-order chi connectivity index (χ1) is 8.12. The number of morpholine rings is 1. The molecule has 1 aliphatic heterocycles. The minimum atomic E-state index is 0.271. The van der Waals surface area contributed by atoms with Crippen LogP contribution in [0.3, 0.4) is 0 Å². The van der Waals surface area contributed by atoms with Gasteiger partial charge in [0.15, 0.2) is 0 Å². The molecule has 3 nitrogen and oxygen atoms in total. The summed E-state index contributed by atoms with van der Waals surface area (Å²) in [5, 5.41) is 0. The molecule has 0 aromatic carbocycles. The Morgan fingerprint density at radius 3 is 2.59 bits per heavy atom. The fraction of sp³-hybridized carbons (Fsp3) is 1.00. The first kappa shape index (κ1) is 11.9. The Morgan fingerprint density at radius 1 is 1.24 bits per heavy atom. The predicted octanol–water partition coefficient (Wildman–Crippen LogP) is 2.06. The SMILES string of the molecule is CC(C)OCC1(CN2CCOC3(CC3)C2)CC1. The van der Waals surface area contributed by atoms with Gasteiger partial charge < -0.3 is 9.47 Å². The molecule has 3 fully saturated rings. The summed E-state index contributed by atoms with van der Waals surface area (Å²) in [6.45, 7) is 9.65. The maximum atomic E-state index is 5.87. The Morgan fingerprint density at radius 2 is 2.00 bits per heavy atom. The van der Waals surface area contributed by atoms with Crippen LogP contribution in [0.4, 0.5) is 0 Å². The third kappa shape index (κ3) is 2.83. The largest absolute Gasteiger partial charge is 0.378 e. The van der Waals surface area contributed by atoms with Crippen LogP contribution in [0.1, 0.15) is 39.5 Å². The van der Waals surface area contributed by atoms with Crippen molar-refractivity contribution < 1.29 is 9.47 Å². The summed E-state index contributed by atoms with van der Waals surface area (Å²) in [5.74, 6) is 0. The molecule has 3 rings (SSSR count). The Balaban J connectivity index is 1.49. The van der Waals surface area contributed by atoms with Gasteiger partial charge in [-0.3, -0.25) is 4.90 Å². The summed E-state index contributed by atoms with van der Waals surface area (Å²) in [6, 6.07) is 0. The minimum Gasteiger partial charge on any atom is -0.378 e. The van der Waals surface area contributed by atoms with Crippen LogP contribution in [-0.2, 0) is 9.47 Å². The highest BCUT2D eigenvalue weighted by molar-refractivity contribution is 5.03. The van der Waals surface area contributed by atoms with Gasteiger partial charge in [0.1, 0.15) is 0 Å². The topological polar surface area (TPSA) is 21.7 Å². The summed E-state index contributed by atoms with van der Waals surface area (Å²) >= 11 is 0. The van der Waals surface area contributed by atoms with Crippen LogP contribution in [0.5, 0.6) is 0 Å². The summed E-state index contributed by atoms with van der Waals surface area (Å²) in [5.41, 5.74) is 0.755. The molecule has 1 spiro atoms. The fourth-order valence-corrected chi connectivity index (χ4v) is 2.84. The molecule has 1 heterocycles. The van der Waals surface area contributed by atoms with E-state index in [2.05, 4.69) is 18.7 Å². The van der Waals surface area contributed by atoms with Gasteiger partial charge in [-0.1, -0.05) is 0 Å². The van der Waals surface area contributed by atoms with Gasteiger partial charge >= 0.3 is 0 Å². The zero-order chi connectivity index (χ0) is 11.9. The average molecular weight is 239 g/mol. The predicted molar refractivity (Wildman–Crippen MR) is 67.1 cm³/mol. The molecular formula is C14H25NO2. The summed E-state index contributed by atoms with van der Waals surface area (Å²) < 4.78 is 11.7.